The van der Waals surface area contributed by atoms with Crippen molar-refractivity contribution in [2.75, 3.05) is 13.7 Å². The molecule has 1 aliphatic rings. The number of thiazole rings is 1. The van der Waals surface area contributed by atoms with Gasteiger partial charge in [-0.05, 0) is 50.9 Å². The Hall–Kier alpha value is -1.92. The molecule has 5 nitrogen and oxygen atoms in total. The van der Waals surface area contributed by atoms with Crippen molar-refractivity contribution >= 4 is 17.2 Å². The molecule has 1 aromatic heterocycles. The lowest BCUT2D eigenvalue weighted by Crippen LogP contribution is -2.37. The van der Waals surface area contributed by atoms with Gasteiger partial charge in [0.15, 0.2) is 0 Å². The number of aromatic nitrogens is 1. The topological polar surface area (TPSA) is 54.5 Å². The average molecular weight is 374 g/mol. The van der Waals surface area contributed by atoms with Crippen LogP contribution in [0.25, 0.3) is 0 Å². The number of methoxy groups -OCH3 is 1. The molecule has 1 saturated heterocycles. The second kappa shape index (κ2) is 8.64. The second-order valence-corrected chi connectivity index (χ2v) is 7.84. The molecule has 0 aliphatic carbocycles. The van der Waals surface area contributed by atoms with Gasteiger partial charge < -0.3 is 15.0 Å². The van der Waals surface area contributed by atoms with E-state index in [0.29, 0.717) is 6.42 Å². The maximum Gasteiger partial charge on any atom is 0.223 e. The number of benzene rings is 1. The lowest BCUT2D eigenvalue weighted by Gasteiger charge is -2.30. The van der Waals surface area contributed by atoms with Crippen molar-refractivity contribution in [2.45, 2.75) is 51.7 Å². The fraction of sp³-hybridized carbons (Fsp3) is 0.500. The molecule has 0 saturated carbocycles. The van der Waals surface area contributed by atoms with E-state index in [1.54, 1.807) is 18.4 Å². The maximum atomic E-state index is 12.4. The van der Waals surface area contributed by atoms with Gasteiger partial charge in [0.25, 0.3) is 0 Å². The van der Waals surface area contributed by atoms with E-state index in [2.05, 4.69) is 28.7 Å². The van der Waals surface area contributed by atoms with E-state index in [1.807, 2.05) is 30.0 Å². The number of likely N-dealkylation sites (tertiary alicyclic amines) is 1. The van der Waals surface area contributed by atoms with Crippen LogP contribution in [0.4, 0.5) is 0 Å². The van der Waals surface area contributed by atoms with Crippen LogP contribution < -0.4 is 10.1 Å². The summed E-state index contributed by atoms with van der Waals surface area (Å²) in [5, 5.41) is 6.62. The summed E-state index contributed by atoms with van der Waals surface area (Å²) in [5.41, 5.74) is 2.21. The van der Waals surface area contributed by atoms with E-state index >= 15 is 0 Å². The molecule has 2 aromatic rings. The molecule has 1 fully saturated rings. The van der Waals surface area contributed by atoms with Gasteiger partial charge in [0, 0.05) is 24.4 Å². The van der Waals surface area contributed by atoms with Crippen molar-refractivity contribution in [3.05, 3.63) is 45.9 Å². The van der Waals surface area contributed by atoms with E-state index in [4.69, 9.17) is 4.74 Å². The lowest BCUT2D eigenvalue weighted by atomic mass is 10.1. The Labute approximate surface area is 159 Å². The molecule has 1 amide bonds. The highest BCUT2D eigenvalue weighted by atomic mass is 32.1. The van der Waals surface area contributed by atoms with Crippen LogP contribution in [-0.4, -0.2) is 35.5 Å². The third-order valence-electron chi connectivity index (χ3n) is 4.97. The van der Waals surface area contributed by atoms with Gasteiger partial charge in [0.05, 0.1) is 23.9 Å². The number of carbonyl (C=O) groups is 1. The van der Waals surface area contributed by atoms with Crippen molar-refractivity contribution in [3.63, 3.8) is 0 Å². The summed E-state index contributed by atoms with van der Waals surface area (Å²) in [6.07, 6.45) is 2.55. The number of nitrogens with zero attached hydrogens (tertiary/aromatic N) is 2. The van der Waals surface area contributed by atoms with Crippen molar-refractivity contribution in [3.8, 4) is 5.75 Å². The summed E-state index contributed by atoms with van der Waals surface area (Å²) in [4.78, 5) is 19.0. The Morgan fingerprint density at radius 2 is 2.31 bits per heavy atom. The number of nitrogens with one attached hydrogen (secondary N) is 1. The first kappa shape index (κ1) is 18.9. The molecule has 0 bridgehead atoms. The standard InChI is InChI=1S/C20H27N3O2S/c1-14(19-13-26-15(2)22-19)23-17(7-8-20(23)24)9-10-21-12-16-5-4-6-18(11-16)25-3/h4-6,11,13-14,17,21H,7-10,12H2,1-3H3. The molecule has 1 aliphatic heterocycles. The lowest BCUT2D eigenvalue weighted by molar-refractivity contribution is -0.131. The number of ether oxygens (including phenoxy) is 1. The molecule has 6 heteroatoms. The van der Waals surface area contributed by atoms with Gasteiger partial charge in [-0.3, -0.25) is 4.79 Å². The molecule has 0 radical (unpaired) electrons. The van der Waals surface area contributed by atoms with E-state index in [9.17, 15) is 4.79 Å². The Balaban J connectivity index is 1.52. The maximum absolute atomic E-state index is 12.4. The minimum atomic E-state index is 0.0540. The number of rotatable bonds is 8. The second-order valence-electron chi connectivity index (χ2n) is 6.78. The summed E-state index contributed by atoms with van der Waals surface area (Å²) < 4.78 is 5.26. The van der Waals surface area contributed by atoms with Crippen molar-refractivity contribution < 1.29 is 9.53 Å². The van der Waals surface area contributed by atoms with Crippen LogP contribution in [0.15, 0.2) is 29.6 Å². The van der Waals surface area contributed by atoms with Crippen LogP contribution in [0.3, 0.4) is 0 Å². The minimum Gasteiger partial charge on any atom is -0.497 e. The summed E-state index contributed by atoms with van der Waals surface area (Å²) in [5.74, 6) is 1.13. The highest BCUT2D eigenvalue weighted by molar-refractivity contribution is 7.09. The molecule has 26 heavy (non-hydrogen) atoms. The first-order valence-corrected chi connectivity index (χ1v) is 10.0. The summed E-state index contributed by atoms with van der Waals surface area (Å²) in [6, 6.07) is 8.44. The normalized spacial score (nSPS) is 18.3. The summed E-state index contributed by atoms with van der Waals surface area (Å²) >= 11 is 1.64. The molecular weight excluding hydrogens is 346 g/mol. The molecule has 2 atom stereocenters. The number of aryl methyl sites for hydroxylation is 1. The Morgan fingerprint density at radius 1 is 1.46 bits per heavy atom. The van der Waals surface area contributed by atoms with E-state index in [-0.39, 0.29) is 18.0 Å². The van der Waals surface area contributed by atoms with Crippen LogP contribution >= 0.6 is 11.3 Å². The van der Waals surface area contributed by atoms with Gasteiger partial charge >= 0.3 is 0 Å². The molecule has 0 spiro atoms. The summed E-state index contributed by atoms with van der Waals surface area (Å²) in [6.45, 7) is 5.79. The first-order chi connectivity index (χ1) is 12.6. The molecule has 140 valence electrons. The minimum absolute atomic E-state index is 0.0540. The Kier molecular flexibility index (Phi) is 6.27. The zero-order valence-electron chi connectivity index (χ0n) is 15.7. The zero-order chi connectivity index (χ0) is 18.5. The van der Waals surface area contributed by atoms with Crippen molar-refractivity contribution in [2.24, 2.45) is 0 Å². The average Bonchev–Trinajstić information content (AvgIpc) is 3.24. The SMILES string of the molecule is COc1cccc(CNCCC2CCC(=O)N2C(C)c2csc(C)n2)c1. The van der Waals surface area contributed by atoms with Crippen LogP contribution in [0.5, 0.6) is 5.75 Å². The third kappa shape index (κ3) is 4.43. The third-order valence-corrected chi connectivity index (χ3v) is 5.76. The number of amides is 1. The van der Waals surface area contributed by atoms with Crippen LogP contribution in [0.1, 0.15) is 48.5 Å². The number of hydrogen-bond acceptors (Lipinski definition) is 5. The predicted octanol–water partition coefficient (Wildman–Crippen LogP) is 3.69. The van der Waals surface area contributed by atoms with Crippen LogP contribution in [-0.2, 0) is 11.3 Å². The van der Waals surface area contributed by atoms with Gasteiger partial charge in [0.1, 0.15) is 5.75 Å². The van der Waals surface area contributed by atoms with E-state index < -0.39 is 0 Å². The Morgan fingerprint density at radius 3 is 3.04 bits per heavy atom. The molecule has 1 aromatic carbocycles. The molecular formula is C20H27N3O2S. The number of carbonyl (C=O) groups excluding carboxylic acids is 1. The van der Waals surface area contributed by atoms with Gasteiger partial charge in [-0.25, -0.2) is 4.98 Å². The molecule has 3 rings (SSSR count). The predicted molar refractivity (Wildman–Crippen MR) is 104 cm³/mol. The van der Waals surface area contributed by atoms with Gasteiger partial charge in [-0.1, -0.05) is 12.1 Å². The van der Waals surface area contributed by atoms with Gasteiger partial charge in [-0.2, -0.15) is 0 Å². The highest BCUT2D eigenvalue weighted by Gasteiger charge is 2.35. The number of hydrogen-bond donors (Lipinski definition) is 1. The summed E-state index contributed by atoms with van der Waals surface area (Å²) in [7, 11) is 1.68. The van der Waals surface area contributed by atoms with Crippen molar-refractivity contribution in [1.82, 2.24) is 15.2 Å². The van der Waals surface area contributed by atoms with Gasteiger partial charge in [-0.15, -0.1) is 11.3 Å². The van der Waals surface area contributed by atoms with Crippen LogP contribution in [0, 0.1) is 6.92 Å². The highest BCUT2D eigenvalue weighted by Crippen LogP contribution is 2.32. The van der Waals surface area contributed by atoms with Crippen molar-refractivity contribution in [1.29, 1.82) is 0 Å². The largest absolute Gasteiger partial charge is 0.497 e. The first-order valence-electron chi connectivity index (χ1n) is 9.15. The monoisotopic (exact) mass is 373 g/mol. The molecule has 2 unspecified atom stereocenters. The smallest absolute Gasteiger partial charge is 0.223 e. The quantitative estimate of drug-likeness (QED) is 0.717. The molecule has 2 heterocycles. The molecule has 1 N–H and O–H groups in total. The van der Waals surface area contributed by atoms with Gasteiger partial charge in [0.2, 0.25) is 5.91 Å². The van der Waals surface area contributed by atoms with E-state index in [0.717, 1.165) is 42.4 Å². The Bertz CT molecular complexity index is 746. The van der Waals surface area contributed by atoms with Crippen LogP contribution in [0.2, 0.25) is 0 Å². The fourth-order valence-corrected chi connectivity index (χ4v) is 4.27. The van der Waals surface area contributed by atoms with E-state index in [1.165, 1.54) is 5.56 Å². The fourth-order valence-electron chi connectivity index (χ4n) is 3.58. The zero-order valence-corrected chi connectivity index (χ0v) is 16.5.